The fourth-order valence-electron chi connectivity index (χ4n) is 3.15. The van der Waals surface area contributed by atoms with Gasteiger partial charge < -0.3 is 14.8 Å². The van der Waals surface area contributed by atoms with Gasteiger partial charge in [-0.05, 0) is 74.2 Å². The molecule has 3 rings (SSSR count). The maximum atomic E-state index is 12.3. The number of carbonyl (C=O) groups excluding carboxylic acids is 1. The molecule has 0 saturated carbocycles. The van der Waals surface area contributed by atoms with Crippen molar-refractivity contribution in [3.8, 4) is 11.5 Å². The molecule has 152 valence electrons. The Hall–Kier alpha value is -3.01. The second-order valence-electron chi connectivity index (χ2n) is 7.47. The van der Waals surface area contributed by atoms with E-state index in [0.717, 1.165) is 29.4 Å². The molecule has 0 aliphatic heterocycles. The molecule has 0 radical (unpaired) electrons. The molecule has 4 heteroatoms. The van der Waals surface area contributed by atoms with Gasteiger partial charge in [-0.15, -0.1) is 0 Å². The number of aryl methyl sites for hydroxylation is 1. The number of ether oxygens (including phenoxy) is 2. The summed E-state index contributed by atoms with van der Waals surface area (Å²) in [6.07, 6.45) is 1.42. The van der Waals surface area contributed by atoms with Crippen molar-refractivity contribution >= 4 is 16.7 Å². The summed E-state index contributed by atoms with van der Waals surface area (Å²) in [5.74, 6) is 1.49. The third-order valence-corrected chi connectivity index (χ3v) is 4.64. The molecule has 4 nitrogen and oxygen atoms in total. The Morgan fingerprint density at radius 1 is 0.862 bits per heavy atom. The van der Waals surface area contributed by atoms with Crippen LogP contribution < -0.4 is 14.8 Å². The molecule has 29 heavy (non-hydrogen) atoms. The standard InChI is InChI=1S/C25H29NO3/c1-18(2)28-23-13-10-20(11-14-23)7-6-16-26-25(27)19(3)29-24-15-12-21-8-4-5-9-22(21)17-24/h4-5,8-15,17-19H,6-7,16H2,1-3H3,(H,26,27)/t19-/m1/s1. The quantitative estimate of drug-likeness (QED) is 0.514. The summed E-state index contributed by atoms with van der Waals surface area (Å²) in [6, 6.07) is 22.1. The molecule has 1 atom stereocenters. The van der Waals surface area contributed by atoms with Crippen LogP contribution in [0.4, 0.5) is 0 Å². The zero-order chi connectivity index (χ0) is 20.6. The van der Waals surface area contributed by atoms with Crippen molar-refractivity contribution < 1.29 is 14.3 Å². The van der Waals surface area contributed by atoms with Crippen LogP contribution in [0.15, 0.2) is 66.7 Å². The molecule has 0 fully saturated rings. The summed E-state index contributed by atoms with van der Waals surface area (Å²) in [5, 5.41) is 5.21. The van der Waals surface area contributed by atoms with Crippen LogP contribution in [0.5, 0.6) is 11.5 Å². The van der Waals surface area contributed by atoms with Crippen LogP contribution in [0.3, 0.4) is 0 Å². The van der Waals surface area contributed by atoms with E-state index in [4.69, 9.17) is 9.47 Å². The second kappa shape index (κ2) is 9.97. The molecule has 0 spiro atoms. The van der Waals surface area contributed by atoms with E-state index in [0.29, 0.717) is 12.3 Å². The molecule has 0 heterocycles. The molecule has 0 aliphatic rings. The number of nitrogens with one attached hydrogen (secondary N) is 1. The van der Waals surface area contributed by atoms with Crippen molar-refractivity contribution in [1.82, 2.24) is 5.32 Å². The van der Waals surface area contributed by atoms with E-state index in [1.807, 2.05) is 62.4 Å². The van der Waals surface area contributed by atoms with Gasteiger partial charge in [-0.3, -0.25) is 4.79 Å². The van der Waals surface area contributed by atoms with Gasteiger partial charge >= 0.3 is 0 Å². The first-order valence-corrected chi connectivity index (χ1v) is 10.2. The van der Waals surface area contributed by atoms with E-state index in [-0.39, 0.29) is 12.0 Å². The monoisotopic (exact) mass is 391 g/mol. The number of carbonyl (C=O) groups is 1. The lowest BCUT2D eigenvalue weighted by Gasteiger charge is -2.15. The van der Waals surface area contributed by atoms with Gasteiger partial charge in [-0.2, -0.15) is 0 Å². The van der Waals surface area contributed by atoms with Crippen LogP contribution in [0.2, 0.25) is 0 Å². The minimum Gasteiger partial charge on any atom is -0.491 e. The minimum atomic E-state index is -0.538. The lowest BCUT2D eigenvalue weighted by molar-refractivity contribution is -0.127. The highest BCUT2D eigenvalue weighted by molar-refractivity contribution is 5.84. The van der Waals surface area contributed by atoms with Crippen LogP contribution in [0, 0.1) is 0 Å². The minimum absolute atomic E-state index is 0.0983. The molecule has 1 N–H and O–H groups in total. The maximum Gasteiger partial charge on any atom is 0.260 e. The summed E-state index contributed by atoms with van der Waals surface area (Å²) < 4.78 is 11.5. The smallest absolute Gasteiger partial charge is 0.260 e. The summed E-state index contributed by atoms with van der Waals surface area (Å²) in [5.41, 5.74) is 1.23. The Bertz CT molecular complexity index is 934. The third kappa shape index (κ3) is 6.24. The van der Waals surface area contributed by atoms with Crippen LogP contribution in [0.25, 0.3) is 10.8 Å². The second-order valence-corrected chi connectivity index (χ2v) is 7.47. The number of hydrogen-bond donors (Lipinski definition) is 1. The summed E-state index contributed by atoms with van der Waals surface area (Å²) >= 11 is 0. The number of hydrogen-bond acceptors (Lipinski definition) is 3. The Kier molecular flexibility index (Phi) is 7.12. The molecule has 0 bridgehead atoms. The van der Waals surface area contributed by atoms with Crippen molar-refractivity contribution in [3.63, 3.8) is 0 Å². The molecular formula is C25H29NO3. The number of amides is 1. The van der Waals surface area contributed by atoms with E-state index in [1.54, 1.807) is 6.92 Å². The summed E-state index contributed by atoms with van der Waals surface area (Å²) in [6.45, 7) is 6.43. The Morgan fingerprint density at radius 2 is 1.55 bits per heavy atom. The Labute approximate surface area is 172 Å². The van der Waals surface area contributed by atoms with E-state index in [1.165, 1.54) is 5.56 Å². The SMILES string of the molecule is CC(C)Oc1ccc(CCCNC(=O)[C@@H](C)Oc2ccc3ccccc3c2)cc1. The van der Waals surface area contributed by atoms with Crippen molar-refractivity contribution in [2.24, 2.45) is 0 Å². The highest BCUT2D eigenvalue weighted by atomic mass is 16.5. The van der Waals surface area contributed by atoms with Crippen molar-refractivity contribution in [3.05, 3.63) is 72.3 Å². The summed E-state index contributed by atoms with van der Waals surface area (Å²) in [7, 11) is 0. The zero-order valence-electron chi connectivity index (χ0n) is 17.4. The van der Waals surface area contributed by atoms with E-state index >= 15 is 0 Å². The first-order chi connectivity index (χ1) is 14.0. The van der Waals surface area contributed by atoms with Crippen LogP contribution in [-0.2, 0) is 11.2 Å². The number of benzene rings is 3. The van der Waals surface area contributed by atoms with Crippen LogP contribution >= 0.6 is 0 Å². The molecule has 3 aromatic rings. The van der Waals surface area contributed by atoms with Gasteiger partial charge in [0.05, 0.1) is 6.10 Å². The fraction of sp³-hybridized carbons (Fsp3) is 0.320. The number of rotatable bonds is 9. The Morgan fingerprint density at radius 3 is 2.28 bits per heavy atom. The van der Waals surface area contributed by atoms with Gasteiger partial charge in [-0.1, -0.05) is 42.5 Å². The van der Waals surface area contributed by atoms with E-state index in [9.17, 15) is 4.79 Å². The van der Waals surface area contributed by atoms with E-state index in [2.05, 4.69) is 23.5 Å². The molecule has 0 saturated heterocycles. The van der Waals surface area contributed by atoms with Gasteiger partial charge in [0.15, 0.2) is 6.10 Å². The molecule has 0 unspecified atom stereocenters. The van der Waals surface area contributed by atoms with Gasteiger partial charge in [0.25, 0.3) is 5.91 Å². The van der Waals surface area contributed by atoms with Gasteiger partial charge in [0.1, 0.15) is 11.5 Å². The first-order valence-electron chi connectivity index (χ1n) is 10.2. The van der Waals surface area contributed by atoms with Crippen LogP contribution in [-0.4, -0.2) is 24.7 Å². The molecular weight excluding hydrogens is 362 g/mol. The van der Waals surface area contributed by atoms with Gasteiger partial charge in [0, 0.05) is 6.54 Å². The van der Waals surface area contributed by atoms with Gasteiger partial charge in [-0.25, -0.2) is 0 Å². The lowest BCUT2D eigenvalue weighted by Crippen LogP contribution is -2.36. The molecule has 0 aromatic heterocycles. The molecule has 3 aromatic carbocycles. The predicted octanol–water partition coefficient (Wildman–Crippen LogP) is 5.14. The molecule has 0 aliphatic carbocycles. The first kappa shape index (κ1) is 20.7. The molecule has 1 amide bonds. The highest BCUT2D eigenvalue weighted by Crippen LogP contribution is 2.21. The zero-order valence-corrected chi connectivity index (χ0v) is 17.4. The largest absolute Gasteiger partial charge is 0.491 e. The highest BCUT2D eigenvalue weighted by Gasteiger charge is 2.14. The predicted molar refractivity (Wildman–Crippen MR) is 118 cm³/mol. The van der Waals surface area contributed by atoms with Gasteiger partial charge in [0.2, 0.25) is 0 Å². The fourth-order valence-corrected chi connectivity index (χ4v) is 3.15. The van der Waals surface area contributed by atoms with Crippen molar-refractivity contribution in [2.75, 3.05) is 6.54 Å². The number of fused-ring (bicyclic) bond motifs is 1. The van der Waals surface area contributed by atoms with Crippen LogP contribution in [0.1, 0.15) is 32.8 Å². The lowest BCUT2D eigenvalue weighted by atomic mass is 10.1. The average Bonchev–Trinajstić information content (AvgIpc) is 2.71. The Balaban J connectivity index is 1.41. The average molecular weight is 392 g/mol. The van der Waals surface area contributed by atoms with Crippen molar-refractivity contribution in [1.29, 1.82) is 0 Å². The maximum absolute atomic E-state index is 12.3. The topological polar surface area (TPSA) is 47.6 Å². The third-order valence-electron chi connectivity index (χ3n) is 4.64. The van der Waals surface area contributed by atoms with Crippen molar-refractivity contribution in [2.45, 2.75) is 45.8 Å². The van der Waals surface area contributed by atoms with E-state index < -0.39 is 6.10 Å². The normalized spacial score (nSPS) is 12.0. The summed E-state index contributed by atoms with van der Waals surface area (Å²) in [4.78, 5) is 12.3.